The van der Waals surface area contributed by atoms with Gasteiger partial charge < -0.3 is 9.84 Å². The average Bonchev–Trinajstić information content (AvgIpc) is 2.67. The van der Waals surface area contributed by atoms with E-state index < -0.39 is 17.7 Å². The molecule has 0 radical (unpaired) electrons. The van der Waals surface area contributed by atoms with E-state index in [4.69, 9.17) is 4.74 Å². The Morgan fingerprint density at radius 3 is 2.16 bits per heavy atom. The zero-order valence-corrected chi connectivity index (χ0v) is 19.4. The number of allylic oxidation sites excluding steroid dienone is 4. The normalized spacial score (nSPS) is 13.2. The Balaban J connectivity index is 2.27. The minimum Gasteiger partial charge on any atom is -0.457 e. The van der Waals surface area contributed by atoms with Crippen molar-refractivity contribution in [2.45, 2.75) is 33.3 Å². The molecule has 0 aliphatic carbocycles. The van der Waals surface area contributed by atoms with Crippen LogP contribution in [0.15, 0.2) is 101 Å². The van der Waals surface area contributed by atoms with Gasteiger partial charge in [-0.1, -0.05) is 55.8 Å². The van der Waals surface area contributed by atoms with Crippen LogP contribution in [-0.4, -0.2) is 11.2 Å². The van der Waals surface area contributed by atoms with Crippen LogP contribution in [0, 0.1) is 11.6 Å². The molecule has 0 aliphatic rings. The first-order valence-corrected chi connectivity index (χ1v) is 10.9. The number of hydrogen-bond donors (Lipinski definition) is 1. The van der Waals surface area contributed by atoms with Crippen molar-refractivity contribution in [2.75, 3.05) is 0 Å². The molecule has 1 unspecified atom stereocenters. The predicted octanol–water partition coefficient (Wildman–Crippen LogP) is 7.89. The molecule has 168 valence electrons. The lowest BCUT2D eigenvalue weighted by molar-refractivity contribution is 0.233. The van der Waals surface area contributed by atoms with Gasteiger partial charge in [0.2, 0.25) is 0 Å². The highest BCUT2D eigenvalue weighted by Crippen LogP contribution is 2.37. The summed E-state index contributed by atoms with van der Waals surface area (Å²) in [6, 6.07) is 10.3. The van der Waals surface area contributed by atoms with Gasteiger partial charge in [0.05, 0.1) is 6.10 Å². The molecule has 0 amide bonds. The van der Waals surface area contributed by atoms with E-state index in [1.807, 2.05) is 32.1 Å². The summed E-state index contributed by atoms with van der Waals surface area (Å²) in [6.07, 6.45) is 3.40. The largest absolute Gasteiger partial charge is 0.457 e. The molecule has 2 rings (SSSR count). The first kappa shape index (κ1) is 25.4. The number of thioether (sulfide) groups is 1. The Morgan fingerprint density at radius 2 is 1.66 bits per heavy atom. The van der Waals surface area contributed by atoms with Crippen molar-refractivity contribution in [1.82, 2.24) is 0 Å². The predicted molar refractivity (Wildman–Crippen MR) is 131 cm³/mol. The van der Waals surface area contributed by atoms with Crippen LogP contribution in [-0.2, 0) is 6.42 Å². The highest BCUT2D eigenvalue weighted by Gasteiger charge is 2.18. The molecule has 0 aliphatic heterocycles. The molecule has 1 atom stereocenters. The highest BCUT2D eigenvalue weighted by molar-refractivity contribution is 8.06. The fraction of sp³-hybridized carbons (Fsp3) is 0.185. The van der Waals surface area contributed by atoms with Crippen molar-refractivity contribution < 1.29 is 18.6 Å². The van der Waals surface area contributed by atoms with Gasteiger partial charge in [-0.05, 0) is 66.5 Å². The van der Waals surface area contributed by atoms with Gasteiger partial charge in [-0.3, -0.25) is 0 Å². The van der Waals surface area contributed by atoms with Crippen molar-refractivity contribution in [1.29, 1.82) is 0 Å². The monoisotopic (exact) mass is 454 g/mol. The van der Waals surface area contributed by atoms with Gasteiger partial charge in [0, 0.05) is 23.1 Å². The van der Waals surface area contributed by atoms with Crippen LogP contribution in [0.1, 0.15) is 26.3 Å². The minimum atomic E-state index is -0.697. The third-order valence-corrected chi connectivity index (χ3v) is 5.53. The van der Waals surface area contributed by atoms with Gasteiger partial charge in [-0.15, -0.1) is 0 Å². The maximum atomic E-state index is 13.4. The second-order valence-corrected chi connectivity index (χ2v) is 8.75. The summed E-state index contributed by atoms with van der Waals surface area (Å²) >= 11 is 1.48. The number of hydrogen-bond acceptors (Lipinski definition) is 3. The lowest BCUT2D eigenvalue weighted by atomic mass is 9.96. The first-order chi connectivity index (χ1) is 15.1. The van der Waals surface area contributed by atoms with Crippen LogP contribution in [0.3, 0.4) is 0 Å². The van der Waals surface area contributed by atoms with E-state index in [2.05, 4.69) is 19.7 Å². The molecular weight excluding hydrogens is 426 g/mol. The maximum absolute atomic E-state index is 13.4. The number of aliphatic hydroxyl groups is 1. The van der Waals surface area contributed by atoms with Crippen LogP contribution in [0.2, 0.25) is 0 Å². The zero-order chi connectivity index (χ0) is 23.8. The van der Waals surface area contributed by atoms with Crippen molar-refractivity contribution in [2.24, 2.45) is 0 Å². The highest BCUT2D eigenvalue weighted by atomic mass is 32.2. The zero-order valence-electron chi connectivity index (χ0n) is 18.6. The van der Waals surface area contributed by atoms with Crippen LogP contribution >= 0.6 is 11.8 Å². The molecule has 0 heterocycles. The van der Waals surface area contributed by atoms with E-state index in [1.54, 1.807) is 25.1 Å². The number of ether oxygens (including phenoxy) is 1. The third-order valence-electron chi connectivity index (χ3n) is 4.47. The second-order valence-electron chi connectivity index (χ2n) is 7.44. The van der Waals surface area contributed by atoms with Gasteiger partial charge >= 0.3 is 0 Å². The summed E-state index contributed by atoms with van der Waals surface area (Å²) < 4.78 is 32.3. The number of benzene rings is 2. The van der Waals surface area contributed by atoms with Crippen molar-refractivity contribution >= 4 is 11.8 Å². The molecule has 0 bridgehead atoms. The second kappa shape index (κ2) is 11.7. The molecule has 0 spiro atoms. The lowest BCUT2D eigenvalue weighted by Crippen LogP contribution is -2.10. The summed E-state index contributed by atoms with van der Waals surface area (Å²) in [5.41, 5.74) is 3.51. The van der Waals surface area contributed by atoms with E-state index in [1.165, 1.54) is 11.8 Å². The van der Waals surface area contributed by atoms with Crippen LogP contribution in [0.4, 0.5) is 8.78 Å². The van der Waals surface area contributed by atoms with E-state index in [-0.39, 0.29) is 5.75 Å². The van der Waals surface area contributed by atoms with Gasteiger partial charge in [-0.25, -0.2) is 8.78 Å². The Bertz CT molecular complexity index is 1040. The lowest BCUT2D eigenvalue weighted by Gasteiger charge is -2.20. The summed E-state index contributed by atoms with van der Waals surface area (Å²) in [6.45, 7) is 17.6. The SMILES string of the molecule is C=C/C=C(C)\C(=C(\SC(=C)C)C(=C)Cc1ccc(Oc2cc(F)cc(F)c2)cc1)C(C)O. The van der Waals surface area contributed by atoms with Crippen LogP contribution < -0.4 is 4.74 Å². The van der Waals surface area contributed by atoms with Gasteiger partial charge in [0.1, 0.15) is 23.1 Å². The molecule has 0 saturated heterocycles. The van der Waals surface area contributed by atoms with Crippen molar-refractivity contribution in [3.05, 3.63) is 118 Å². The molecule has 2 aromatic rings. The molecule has 1 N–H and O–H groups in total. The van der Waals surface area contributed by atoms with Gasteiger partial charge in [0.15, 0.2) is 0 Å². The molecule has 0 saturated carbocycles. The summed E-state index contributed by atoms with van der Waals surface area (Å²) in [4.78, 5) is 1.76. The van der Waals surface area contributed by atoms with E-state index in [9.17, 15) is 13.9 Å². The number of halogens is 2. The standard InChI is InChI=1S/C27H28F2O2S/c1-7-8-18(4)26(20(6)30)27(32-17(2)3)19(5)13-21-9-11-24(12-10-21)31-25-15-22(28)14-23(29)16-25/h7-12,14-16,20,30H,1-2,5,13H2,3-4,6H3/b18-8-,27-26-. The number of aliphatic hydroxyl groups excluding tert-OH is 1. The average molecular weight is 455 g/mol. The van der Waals surface area contributed by atoms with Crippen LogP contribution in [0.5, 0.6) is 11.5 Å². The number of rotatable bonds is 10. The van der Waals surface area contributed by atoms with Crippen LogP contribution in [0.25, 0.3) is 0 Å². The van der Waals surface area contributed by atoms with E-state index in [0.717, 1.165) is 50.3 Å². The Kier molecular flexibility index (Phi) is 9.24. The van der Waals surface area contributed by atoms with E-state index >= 15 is 0 Å². The quantitative estimate of drug-likeness (QED) is 0.370. The molecule has 0 fully saturated rings. The van der Waals surface area contributed by atoms with Gasteiger partial charge in [-0.2, -0.15) is 0 Å². The topological polar surface area (TPSA) is 29.5 Å². The molecule has 32 heavy (non-hydrogen) atoms. The van der Waals surface area contributed by atoms with Crippen molar-refractivity contribution in [3.8, 4) is 11.5 Å². The smallest absolute Gasteiger partial charge is 0.133 e. The summed E-state index contributed by atoms with van der Waals surface area (Å²) in [5, 5.41) is 10.4. The summed E-state index contributed by atoms with van der Waals surface area (Å²) in [5.74, 6) is -0.839. The molecule has 2 aromatic carbocycles. The maximum Gasteiger partial charge on any atom is 0.133 e. The third kappa shape index (κ3) is 7.36. The fourth-order valence-electron chi connectivity index (χ4n) is 3.18. The molecule has 0 aromatic heterocycles. The Morgan fingerprint density at radius 1 is 1.06 bits per heavy atom. The Hall–Kier alpha value is -2.89. The first-order valence-electron chi connectivity index (χ1n) is 10.1. The fourth-order valence-corrected chi connectivity index (χ4v) is 4.19. The molecule has 5 heteroatoms. The molecule has 2 nitrogen and oxygen atoms in total. The minimum absolute atomic E-state index is 0.0915. The Labute approximate surface area is 193 Å². The summed E-state index contributed by atoms with van der Waals surface area (Å²) in [7, 11) is 0. The van der Waals surface area contributed by atoms with Crippen molar-refractivity contribution in [3.63, 3.8) is 0 Å². The molecular formula is C27H28F2O2S. The van der Waals surface area contributed by atoms with E-state index in [0.29, 0.717) is 12.2 Å². The van der Waals surface area contributed by atoms with Gasteiger partial charge in [0.25, 0.3) is 0 Å².